The van der Waals surface area contributed by atoms with Crippen molar-refractivity contribution in [2.75, 3.05) is 45.2 Å². The highest BCUT2D eigenvalue weighted by Gasteiger charge is 2.30. The van der Waals surface area contributed by atoms with E-state index in [0.29, 0.717) is 72.2 Å². The third-order valence-corrected chi connectivity index (χ3v) is 11.4. The van der Waals surface area contributed by atoms with Crippen LogP contribution in [0.15, 0.2) is 59.8 Å². The average Bonchev–Trinajstić information content (AvgIpc) is 3.16. The second-order valence-corrected chi connectivity index (χ2v) is 14.9. The number of halogens is 2. The molecule has 4 aromatic rings. The summed E-state index contributed by atoms with van der Waals surface area (Å²) in [6.07, 6.45) is 9.70. The van der Waals surface area contributed by atoms with Crippen molar-refractivity contribution >= 4 is 45.8 Å². The molecule has 5 heterocycles. The van der Waals surface area contributed by atoms with Gasteiger partial charge in [-0.15, -0.1) is 0 Å². The van der Waals surface area contributed by atoms with Gasteiger partial charge in [-0.2, -0.15) is 0 Å². The highest BCUT2D eigenvalue weighted by Crippen LogP contribution is 2.38. The molecule has 3 aliphatic heterocycles. The maximum atomic E-state index is 15.2. The Balaban J connectivity index is 0.903. The van der Waals surface area contributed by atoms with Crippen LogP contribution in [0.4, 0.5) is 10.1 Å². The normalized spacial score (nSPS) is 19.0. The summed E-state index contributed by atoms with van der Waals surface area (Å²) < 4.78 is 22.6. The van der Waals surface area contributed by atoms with Crippen molar-refractivity contribution in [2.45, 2.75) is 56.9 Å². The standard InChI is InChI=1S/C40H44ClFN6O5/c1-46-22-32(29-7-12-43-21-31(29)40(46)52)26-18-33(41)30(36(19-26)53-2)17-24-8-13-47(14-9-24)23-38(50)48-15-10-25(11-16-48)28-4-3-27(20-34(28)42)44-35-5-6-37(49)45-39(35)51/h3-4,7,12,18-22,24-25,35,44H,5-6,8-11,13-17,23H2,1-2H3,(H,45,49,51). The molecule has 13 heteroatoms. The van der Waals surface area contributed by atoms with Crippen molar-refractivity contribution in [2.24, 2.45) is 13.0 Å². The number of hydrogen-bond acceptors (Lipinski definition) is 8. The molecule has 278 valence electrons. The quantitative estimate of drug-likeness (QED) is 0.222. The Bertz CT molecular complexity index is 2110. The van der Waals surface area contributed by atoms with E-state index in [1.165, 1.54) is 6.07 Å². The highest BCUT2D eigenvalue weighted by molar-refractivity contribution is 6.32. The monoisotopic (exact) mass is 742 g/mol. The lowest BCUT2D eigenvalue weighted by Crippen LogP contribution is -2.47. The number of aromatic nitrogens is 2. The van der Waals surface area contributed by atoms with E-state index in [0.717, 1.165) is 54.4 Å². The average molecular weight is 743 g/mol. The van der Waals surface area contributed by atoms with Crippen LogP contribution in [0.2, 0.25) is 5.02 Å². The smallest absolute Gasteiger partial charge is 0.259 e. The number of nitrogens with one attached hydrogen (secondary N) is 2. The number of piperidine rings is 3. The third kappa shape index (κ3) is 7.94. The van der Waals surface area contributed by atoms with E-state index in [-0.39, 0.29) is 35.5 Å². The zero-order valence-electron chi connectivity index (χ0n) is 30.0. The molecule has 2 aromatic heterocycles. The van der Waals surface area contributed by atoms with Crippen molar-refractivity contribution < 1.29 is 23.5 Å². The molecule has 53 heavy (non-hydrogen) atoms. The van der Waals surface area contributed by atoms with Gasteiger partial charge in [0.2, 0.25) is 17.7 Å². The largest absolute Gasteiger partial charge is 0.496 e. The number of imide groups is 1. The zero-order chi connectivity index (χ0) is 37.2. The summed E-state index contributed by atoms with van der Waals surface area (Å²) in [6.45, 7) is 3.15. The molecule has 3 fully saturated rings. The molecule has 3 aliphatic rings. The first-order valence-corrected chi connectivity index (χ1v) is 18.7. The van der Waals surface area contributed by atoms with E-state index in [1.807, 2.05) is 29.3 Å². The lowest BCUT2D eigenvalue weighted by atomic mass is 9.88. The van der Waals surface area contributed by atoms with Gasteiger partial charge in [0.15, 0.2) is 0 Å². The number of aryl methyl sites for hydroxylation is 1. The summed E-state index contributed by atoms with van der Waals surface area (Å²) in [4.78, 5) is 57.8. The van der Waals surface area contributed by atoms with Crippen molar-refractivity contribution in [3.05, 3.63) is 87.3 Å². The fourth-order valence-corrected chi connectivity index (χ4v) is 8.33. The van der Waals surface area contributed by atoms with E-state index >= 15 is 4.39 Å². The molecule has 3 amide bonds. The van der Waals surface area contributed by atoms with E-state index in [2.05, 4.69) is 20.5 Å². The topological polar surface area (TPSA) is 126 Å². The molecule has 7 rings (SSSR count). The van der Waals surface area contributed by atoms with Crippen LogP contribution < -0.4 is 20.9 Å². The number of methoxy groups -OCH3 is 1. The summed E-state index contributed by atoms with van der Waals surface area (Å²) in [5.41, 5.74) is 3.72. The molecule has 0 saturated carbocycles. The summed E-state index contributed by atoms with van der Waals surface area (Å²) in [5.74, 6) is 0.194. The van der Waals surface area contributed by atoms with E-state index in [4.69, 9.17) is 16.3 Å². The van der Waals surface area contributed by atoms with Gasteiger partial charge in [-0.05, 0) is 110 Å². The van der Waals surface area contributed by atoms with Crippen LogP contribution in [0.1, 0.15) is 55.6 Å². The molecule has 2 N–H and O–H groups in total. The van der Waals surface area contributed by atoms with Gasteiger partial charge in [0.05, 0.1) is 19.0 Å². The van der Waals surface area contributed by atoms with E-state index in [9.17, 15) is 19.2 Å². The number of carbonyl (C=O) groups excluding carboxylic acids is 3. The minimum atomic E-state index is -0.571. The lowest BCUT2D eigenvalue weighted by molar-refractivity contribution is -0.134. The first kappa shape index (κ1) is 36.5. The maximum Gasteiger partial charge on any atom is 0.259 e. The SMILES string of the molecule is COc1cc(-c2cn(C)c(=O)c3cnccc23)cc(Cl)c1CC1CCN(CC(=O)N2CCC(c3ccc(NC4CCC(=O)NC4=O)cc3F)CC2)CC1. The number of ether oxygens (including phenoxy) is 1. The van der Waals surface area contributed by atoms with Crippen molar-refractivity contribution in [3.63, 3.8) is 0 Å². The highest BCUT2D eigenvalue weighted by atomic mass is 35.5. The Morgan fingerprint density at radius 1 is 1.02 bits per heavy atom. The Labute approximate surface area is 312 Å². The number of carbonyl (C=O) groups is 3. The van der Waals surface area contributed by atoms with Gasteiger partial charge in [0, 0.05) is 67.0 Å². The number of nitrogens with zero attached hydrogens (tertiary/aromatic N) is 4. The Hall–Kier alpha value is -4.81. The van der Waals surface area contributed by atoms with Crippen molar-refractivity contribution in [1.29, 1.82) is 0 Å². The van der Waals surface area contributed by atoms with Gasteiger partial charge in [0.1, 0.15) is 17.6 Å². The Morgan fingerprint density at radius 3 is 2.51 bits per heavy atom. The fourth-order valence-electron chi connectivity index (χ4n) is 8.04. The number of fused-ring (bicyclic) bond motifs is 1. The molecular formula is C40H44ClFN6O5. The molecule has 11 nitrogen and oxygen atoms in total. The fraction of sp³-hybridized carbons (Fsp3) is 0.425. The molecule has 0 bridgehead atoms. The number of pyridine rings is 2. The molecule has 0 radical (unpaired) electrons. The lowest BCUT2D eigenvalue weighted by Gasteiger charge is -2.36. The molecule has 1 atom stereocenters. The van der Waals surface area contributed by atoms with Crippen LogP contribution in [-0.4, -0.2) is 82.9 Å². The number of rotatable bonds is 9. The summed E-state index contributed by atoms with van der Waals surface area (Å²) in [5, 5.41) is 7.32. The third-order valence-electron chi connectivity index (χ3n) is 11.1. The molecule has 1 unspecified atom stereocenters. The maximum absolute atomic E-state index is 15.2. The summed E-state index contributed by atoms with van der Waals surface area (Å²) >= 11 is 6.93. The van der Waals surface area contributed by atoms with Crippen LogP contribution in [0.3, 0.4) is 0 Å². The minimum Gasteiger partial charge on any atom is -0.496 e. The molecule has 3 saturated heterocycles. The second-order valence-electron chi connectivity index (χ2n) is 14.5. The van der Waals surface area contributed by atoms with E-state index < -0.39 is 11.9 Å². The van der Waals surface area contributed by atoms with Gasteiger partial charge in [-0.1, -0.05) is 17.7 Å². The van der Waals surface area contributed by atoms with Crippen molar-refractivity contribution in [3.8, 4) is 16.9 Å². The van der Waals surface area contributed by atoms with Gasteiger partial charge in [-0.25, -0.2) is 4.39 Å². The van der Waals surface area contributed by atoms with Gasteiger partial charge >= 0.3 is 0 Å². The number of likely N-dealkylation sites (tertiary alicyclic amines) is 2. The Morgan fingerprint density at radius 2 is 1.79 bits per heavy atom. The molecule has 0 spiro atoms. The van der Waals surface area contributed by atoms with Crippen LogP contribution in [0.25, 0.3) is 21.9 Å². The van der Waals surface area contributed by atoms with Gasteiger partial charge in [-0.3, -0.25) is 34.4 Å². The molecule has 2 aromatic carbocycles. The second kappa shape index (κ2) is 15.7. The Kier molecular flexibility index (Phi) is 10.8. The molecular weight excluding hydrogens is 699 g/mol. The van der Waals surface area contributed by atoms with E-state index in [1.54, 1.807) is 43.3 Å². The van der Waals surface area contributed by atoms with Crippen LogP contribution in [0.5, 0.6) is 5.75 Å². The first-order valence-electron chi connectivity index (χ1n) is 18.3. The number of amides is 3. The summed E-state index contributed by atoms with van der Waals surface area (Å²) in [6, 6.07) is 10.2. The van der Waals surface area contributed by atoms with Crippen LogP contribution >= 0.6 is 11.6 Å². The number of benzene rings is 2. The first-order chi connectivity index (χ1) is 25.6. The summed E-state index contributed by atoms with van der Waals surface area (Å²) in [7, 11) is 3.38. The molecule has 0 aliphatic carbocycles. The minimum absolute atomic E-state index is 0.00960. The van der Waals surface area contributed by atoms with Crippen LogP contribution in [0, 0.1) is 11.7 Å². The van der Waals surface area contributed by atoms with Gasteiger partial charge < -0.3 is 19.5 Å². The number of anilines is 1. The zero-order valence-corrected chi connectivity index (χ0v) is 30.8. The van der Waals surface area contributed by atoms with Crippen LogP contribution in [-0.2, 0) is 27.9 Å². The predicted molar refractivity (Wildman–Crippen MR) is 202 cm³/mol. The van der Waals surface area contributed by atoms with Crippen molar-refractivity contribution in [1.82, 2.24) is 24.7 Å². The van der Waals surface area contributed by atoms with Gasteiger partial charge in [0.25, 0.3) is 5.56 Å². The number of hydrogen-bond donors (Lipinski definition) is 2. The predicted octanol–water partition coefficient (Wildman–Crippen LogP) is 5.28.